The van der Waals surface area contributed by atoms with Crippen LogP contribution in [0.5, 0.6) is 0 Å². The first-order chi connectivity index (χ1) is 10.3. The average molecular weight is 329 g/mol. The quantitative estimate of drug-likeness (QED) is 0.871. The highest BCUT2D eigenvalue weighted by Crippen LogP contribution is 2.29. The fourth-order valence-electron chi connectivity index (χ4n) is 3.68. The summed E-state index contributed by atoms with van der Waals surface area (Å²) in [5.74, 6) is 0.551. The van der Waals surface area contributed by atoms with Gasteiger partial charge in [0, 0.05) is 18.6 Å². The van der Waals surface area contributed by atoms with Crippen LogP contribution in [0.3, 0.4) is 0 Å². The van der Waals surface area contributed by atoms with Crippen LogP contribution in [0.1, 0.15) is 24.8 Å². The largest absolute Gasteiger partial charge is 0.379 e. The first-order valence-electron chi connectivity index (χ1n) is 8.12. The van der Waals surface area contributed by atoms with Crippen molar-refractivity contribution in [1.29, 1.82) is 0 Å². The fraction of sp³-hybridized carbons (Fsp3) is 0.647. The fourth-order valence-corrected chi connectivity index (χ4v) is 3.68. The van der Waals surface area contributed by atoms with Crippen LogP contribution >= 0.6 is 12.4 Å². The summed E-state index contributed by atoms with van der Waals surface area (Å²) in [5.41, 5.74) is 0.804. The van der Waals surface area contributed by atoms with Gasteiger partial charge in [-0.1, -0.05) is 24.6 Å². The molecule has 2 aliphatic rings. The van der Waals surface area contributed by atoms with Gasteiger partial charge in [-0.2, -0.15) is 0 Å². The molecule has 2 N–H and O–H groups in total. The van der Waals surface area contributed by atoms with E-state index in [1.54, 1.807) is 6.07 Å². The SMILES string of the molecule is Cl.Fc1ccccc1CCNC1CCCC1C1COCCN1. The van der Waals surface area contributed by atoms with Crippen LogP contribution in [0.2, 0.25) is 0 Å². The van der Waals surface area contributed by atoms with E-state index in [0.29, 0.717) is 18.0 Å². The molecule has 3 rings (SSSR count). The highest BCUT2D eigenvalue weighted by molar-refractivity contribution is 5.85. The highest BCUT2D eigenvalue weighted by Gasteiger charge is 2.34. The molecular weight excluding hydrogens is 303 g/mol. The maximum Gasteiger partial charge on any atom is 0.126 e. The van der Waals surface area contributed by atoms with Gasteiger partial charge in [0.25, 0.3) is 0 Å². The van der Waals surface area contributed by atoms with Gasteiger partial charge in [0.1, 0.15) is 5.82 Å². The van der Waals surface area contributed by atoms with Crippen LogP contribution in [-0.4, -0.2) is 38.4 Å². The Morgan fingerprint density at radius 1 is 1.27 bits per heavy atom. The van der Waals surface area contributed by atoms with Gasteiger partial charge in [-0.15, -0.1) is 12.4 Å². The number of rotatable bonds is 5. The summed E-state index contributed by atoms with van der Waals surface area (Å²) < 4.78 is 19.2. The minimum atomic E-state index is -0.0929. The summed E-state index contributed by atoms with van der Waals surface area (Å²) in [6.45, 7) is 3.46. The van der Waals surface area contributed by atoms with Gasteiger partial charge < -0.3 is 15.4 Å². The van der Waals surface area contributed by atoms with Crippen LogP contribution in [0.4, 0.5) is 4.39 Å². The maximum atomic E-state index is 13.6. The van der Waals surface area contributed by atoms with Crippen molar-refractivity contribution in [3.05, 3.63) is 35.6 Å². The maximum absolute atomic E-state index is 13.6. The van der Waals surface area contributed by atoms with E-state index in [0.717, 1.165) is 38.3 Å². The second-order valence-electron chi connectivity index (χ2n) is 6.13. The van der Waals surface area contributed by atoms with E-state index in [2.05, 4.69) is 10.6 Å². The van der Waals surface area contributed by atoms with Crippen molar-refractivity contribution in [2.24, 2.45) is 5.92 Å². The minimum absolute atomic E-state index is 0. The summed E-state index contributed by atoms with van der Waals surface area (Å²) in [5, 5.41) is 7.23. The Kier molecular flexibility index (Phi) is 7.09. The van der Waals surface area contributed by atoms with E-state index in [1.165, 1.54) is 25.3 Å². The molecule has 124 valence electrons. The molecule has 2 fully saturated rings. The van der Waals surface area contributed by atoms with E-state index in [1.807, 2.05) is 12.1 Å². The van der Waals surface area contributed by atoms with Crippen LogP contribution in [0.25, 0.3) is 0 Å². The standard InChI is InChI=1S/C17H25FN2O.ClH/c18-15-6-2-1-4-13(15)8-9-19-16-7-3-5-14(16)17-12-21-11-10-20-17;/h1-2,4,6,14,16-17,19-20H,3,5,7-12H2;1H. The van der Waals surface area contributed by atoms with Crippen molar-refractivity contribution >= 4 is 12.4 Å². The number of hydrogen-bond acceptors (Lipinski definition) is 3. The first-order valence-corrected chi connectivity index (χ1v) is 8.12. The molecule has 1 saturated carbocycles. The minimum Gasteiger partial charge on any atom is -0.379 e. The molecule has 3 atom stereocenters. The third kappa shape index (κ3) is 4.42. The smallest absolute Gasteiger partial charge is 0.126 e. The van der Waals surface area contributed by atoms with Crippen molar-refractivity contribution in [2.75, 3.05) is 26.3 Å². The van der Waals surface area contributed by atoms with E-state index in [-0.39, 0.29) is 18.2 Å². The molecule has 1 saturated heterocycles. The van der Waals surface area contributed by atoms with Gasteiger partial charge in [-0.3, -0.25) is 0 Å². The predicted molar refractivity (Wildman–Crippen MR) is 89.1 cm³/mol. The zero-order chi connectivity index (χ0) is 14.5. The molecule has 0 aromatic heterocycles. The molecule has 0 bridgehead atoms. The molecular formula is C17H26ClFN2O. The molecule has 22 heavy (non-hydrogen) atoms. The van der Waals surface area contributed by atoms with E-state index in [4.69, 9.17) is 4.74 Å². The first kappa shape index (κ1) is 17.7. The normalized spacial score (nSPS) is 28.3. The number of benzene rings is 1. The number of nitrogens with one attached hydrogen (secondary N) is 2. The molecule has 0 amide bonds. The lowest BCUT2D eigenvalue weighted by Gasteiger charge is -2.33. The van der Waals surface area contributed by atoms with Gasteiger partial charge in [0.05, 0.1) is 13.2 Å². The van der Waals surface area contributed by atoms with Crippen molar-refractivity contribution in [1.82, 2.24) is 10.6 Å². The van der Waals surface area contributed by atoms with Crippen molar-refractivity contribution in [3.8, 4) is 0 Å². The molecule has 1 heterocycles. The zero-order valence-corrected chi connectivity index (χ0v) is 13.7. The monoisotopic (exact) mass is 328 g/mol. The van der Waals surface area contributed by atoms with Gasteiger partial charge in [0.2, 0.25) is 0 Å². The number of halogens is 2. The van der Waals surface area contributed by atoms with Crippen molar-refractivity contribution in [3.63, 3.8) is 0 Å². The molecule has 1 aromatic rings. The predicted octanol–water partition coefficient (Wildman–Crippen LogP) is 2.54. The van der Waals surface area contributed by atoms with Crippen LogP contribution < -0.4 is 10.6 Å². The highest BCUT2D eigenvalue weighted by atomic mass is 35.5. The van der Waals surface area contributed by atoms with Gasteiger partial charge in [-0.05, 0) is 43.4 Å². The van der Waals surface area contributed by atoms with Crippen molar-refractivity contribution < 1.29 is 9.13 Å². The second-order valence-corrected chi connectivity index (χ2v) is 6.13. The van der Waals surface area contributed by atoms with E-state index < -0.39 is 0 Å². The van der Waals surface area contributed by atoms with Crippen LogP contribution in [0, 0.1) is 11.7 Å². The lowest BCUT2D eigenvalue weighted by Crippen LogP contribution is -2.51. The third-order valence-corrected chi connectivity index (χ3v) is 4.80. The lowest BCUT2D eigenvalue weighted by atomic mass is 9.94. The molecule has 5 heteroatoms. The number of morpholine rings is 1. The van der Waals surface area contributed by atoms with Crippen LogP contribution in [-0.2, 0) is 11.2 Å². The lowest BCUT2D eigenvalue weighted by molar-refractivity contribution is 0.0526. The molecule has 1 aliphatic heterocycles. The van der Waals surface area contributed by atoms with Gasteiger partial charge in [0.15, 0.2) is 0 Å². The average Bonchev–Trinajstić information content (AvgIpc) is 2.99. The van der Waals surface area contributed by atoms with Crippen molar-refractivity contribution in [2.45, 2.75) is 37.8 Å². The molecule has 1 aromatic carbocycles. The summed E-state index contributed by atoms with van der Waals surface area (Å²) in [4.78, 5) is 0. The summed E-state index contributed by atoms with van der Waals surface area (Å²) in [7, 11) is 0. The van der Waals surface area contributed by atoms with E-state index >= 15 is 0 Å². The zero-order valence-electron chi connectivity index (χ0n) is 12.9. The van der Waals surface area contributed by atoms with Gasteiger partial charge in [-0.25, -0.2) is 4.39 Å². The molecule has 3 nitrogen and oxygen atoms in total. The Balaban J connectivity index is 0.00000176. The third-order valence-electron chi connectivity index (χ3n) is 4.80. The Morgan fingerprint density at radius 3 is 2.91 bits per heavy atom. The molecule has 0 radical (unpaired) electrons. The number of ether oxygens (including phenoxy) is 1. The van der Waals surface area contributed by atoms with E-state index in [9.17, 15) is 4.39 Å². The second kappa shape index (κ2) is 8.82. The molecule has 1 aliphatic carbocycles. The Hall–Kier alpha value is -0.680. The summed E-state index contributed by atoms with van der Waals surface area (Å²) >= 11 is 0. The number of hydrogen-bond donors (Lipinski definition) is 2. The molecule has 3 unspecified atom stereocenters. The summed E-state index contributed by atoms with van der Waals surface area (Å²) in [6, 6.07) is 8.08. The Morgan fingerprint density at radius 2 is 2.14 bits per heavy atom. The molecule has 0 spiro atoms. The summed E-state index contributed by atoms with van der Waals surface area (Å²) in [6.07, 6.45) is 4.52. The topological polar surface area (TPSA) is 33.3 Å². The Labute approximate surface area is 138 Å². The van der Waals surface area contributed by atoms with Crippen LogP contribution in [0.15, 0.2) is 24.3 Å². The Bertz CT molecular complexity index is 454. The van der Waals surface area contributed by atoms with Gasteiger partial charge >= 0.3 is 0 Å².